The van der Waals surface area contributed by atoms with Crippen LogP contribution in [-0.2, 0) is 9.53 Å². The lowest BCUT2D eigenvalue weighted by Gasteiger charge is -2.23. The fraction of sp³-hybridized carbons (Fsp3) is 0.917. The van der Waals surface area contributed by atoms with Crippen LogP contribution in [0.4, 0.5) is 0 Å². The molecule has 1 rings (SSSR count). The second-order valence-electron chi connectivity index (χ2n) is 6.11. The highest BCUT2D eigenvalue weighted by atomic mass is 16.5. The van der Waals surface area contributed by atoms with E-state index in [0.29, 0.717) is 6.61 Å². The van der Waals surface area contributed by atoms with Gasteiger partial charge in [-0.05, 0) is 25.9 Å². The standard InChI is InChI=1S/C12H24N2O2/c1-11(2,3)8-12(9-13-12)10(15)16-7-6-14(4)5/h13H,6-9H2,1-5H3. The number of nitrogens with zero attached hydrogens (tertiary/aromatic N) is 1. The number of nitrogens with one attached hydrogen (secondary N) is 1. The van der Waals surface area contributed by atoms with E-state index < -0.39 is 5.54 Å². The van der Waals surface area contributed by atoms with Crippen LogP contribution in [-0.4, -0.2) is 50.2 Å². The first-order valence-electron chi connectivity index (χ1n) is 5.82. The van der Waals surface area contributed by atoms with Gasteiger partial charge in [-0.2, -0.15) is 0 Å². The summed E-state index contributed by atoms with van der Waals surface area (Å²) in [5.74, 6) is -0.0933. The van der Waals surface area contributed by atoms with Crippen molar-refractivity contribution in [2.24, 2.45) is 5.41 Å². The van der Waals surface area contributed by atoms with Crippen LogP contribution in [0.2, 0.25) is 0 Å². The minimum atomic E-state index is -0.398. The molecular weight excluding hydrogens is 204 g/mol. The molecule has 0 spiro atoms. The summed E-state index contributed by atoms with van der Waals surface area (Å²) in [5, 5.41) is 3.15. The van der Waals surface area contributed by atoms with E-state index in [1.165, 1.54) is 0 Å². The van der Waals surface area contributed by atoms with E-state index in [-0.39, 0.29) is 11.4 Å². The van der Waals surface area contributed by atoms with Crippen LogP contribution < -0.4 is 5.32 Å². The fourth-order valence-corrected chi connectivity index (χ4v) is 1.81. The summed E-state index contributed by atoms with van der Waals surface area (Å²) in [4.78, 5) is 13.9. The number of likely N-dealkylation sites (N-methyl/N-ethyl adjacent to an activating group) is 1. The number of rotatable bonds is 5. The molecule has 0 radical (unpaired) electrons. The van der Waals surface area contributed by atoms with Crippen LogP contribution in [0.3, 0.4) is 0 Å². The predicted octanol–water partition coefficient (Wildman–Crippen LogP) is 0.869. The van der Waals surface area contributed by atoms with Gasteiger partial charge in [-0.1, -0.05) is 20.8 Å². The first-order valence-corrected chi connectivity index (χ1v) is 5.82. The zero-order valence-electron chi connectivity index (χ0n) is 11.1. The Bertz CT molecular complexity index is 252. The smallest absolute Gasteiger partial charge is 0.327 e. The highest BCUT2D eigenvalue weighted by Crippen LogP contribution is 2.34. The highest BCUT2D eigenvalue weighted by molar-refractivity contribution is 5.84. The van der Waals surface area contributed by atoms with E-state index in [1.807, 2.05) is 19.0 Å². The molecule has 1 N–H and O–H groups in total. The number of esters is 1. The van der Waals surface area contributed by atoms with Gasteiger partial charge >= 0.3 is 5.97 Å². The summed E-state index contributed by atoms with van der Waals surface area (Å²) in [7, 11) is 3.93. The molecule has 1 aliphatic heterocycles. The number of carbonyl (C=O) groups is 1. The molecule has 1 aliphatic rings. The summed E-state index contributed by atoms with van der Waals surface area (Å²) in [6.45, 7) is 8.42. The van der Waals surface area contributed by atoms with E-state index in [2.05, 4.69) is 26.1 Å². The van der Waals surface area contributed by atoms with Crippen molar-refractivity contribution in [3.05, 3.63) is 0 Å². The summed E-state index contributed by atoms with van der Waals surface area (Å²) in [6.07, 6.45) is 0.834. The van der Waals surface area contributed by atoms with Crippen molar-refractivity contribution in [1.29, 1.82) is 0 Å². The Morgan fingerprint density at radius 1 is 1.44 bits per heavy atom. The van der Waals surface area contributed by atoms with Crippen molar-refractivity contribution in [3.8, 4) is 0 Å². The lowest BCUT2D eigenvalue weighted by molar-refractivity contribution is -0.147. The normalized spacial score (nSPS) is 24.6. The van der Waals surface area contributed by atoms with Crippen molar-refractivity contribution in [3.63, 3.8) is 0 Å². The van der Waals surface area contributed by atoms with Crippen molar-refractivity contribution >= 4 is 5.97 Å². The van der Waals surface area contributed by atoms with Crippen molar-refractivity contribution < 1.29 is 9.53 Å². The third-order valence-corrected chi connectivity index (χ3v) is 2.60. The molecule has 4 heteroatoms. The fourth-order valence-electron chi connectivity index (χ4n) is 1.81. The van der Waals surface area contributed by atoms with E-state index >= 15 is 0 Å². The Labute approximate surface area is 98.3 Å². The number of hydrogen-bond donors (Lipinski definition) is 1. The molecule has 1 saturated heterocycles. The topological polar surface area (TPSA) is 51.5 Å². The van der Waals surface area contributed by atoms with Gasteiger partial charge in [-0.25, -0.2) is 4.79 Å². The molecule has 1 atom stereocenters. The molecule has 0 bridgehead atoms. The average molecular weight is 228 g/mol. The van der Waals surface area contributed by atoms with Crippen LogP contribution in [0, 0.1) is 5.41 Å². The quantitative estimate of drug-likeness (QED) is 0.560. The van der Waals surface area contributed by atoms with Gasteiger partial charge in [0.15, 0.2) is 0 Å². The van der Waals surface area contributed by atoms with Gasteiger partial charge in [0.25, 0.3) is 0 Å². The minimum Gasteiger partial charge on any atom is -0.463 e. The SMILES string of the molecule is CN(C)CCOC(=O)C1(CC(C)(C)C)CN1. The van der Waals surface area contributed by atoms with Gasteiger partial charge in [-0.3, -0.25) is 5.32 Å². The Kier molecular flexibility index (Phi) is 3.97. The molecular formula is C12H24N2O2. The van der Waals surface area contributed by atoms with E-state index in [0.717, 1.165) is 19.5 Å². The lowest BCUT2D eigenvalue weighted by Crippen LogP contribution is -2.35. The molecule has 0 aliphatic carbocycles. The minimum absolute atomic E-state index is 0.0933. The van der Waals surface area contributed by atoms with Gasteiger partial charge in [0.05, 0.1) is 0 Å². The molecule has 0 aromatic rings. The van der Waals surface area contributed by atoms with E-state index in [1.54, 1.807) is 0 Å². The second kappa shape index (κ2) is 4.72. The molecule has 4 nitrogen and oxygen atoms in total. The lowest BCUT2D eigenvalue weighted by atomic mass is 9.84. The van der Waals surface area contributed by atoms with Crippen LogP contribution in [0.5, 0.6) is 0 Å². The summed E-state index contributed by atoms with van der Waals surface area (Å²) in [5.41, 5.74) is -0.255. The maximum absolute atomic E-state index is 11.9. The Balaban J connectivity index is 2.36. The van der Waals surface area contributed by atoms with Crippen LogP contribution in [0.1, 0.15) is 27.2 Å². The third-order valence-electron chi connectivity index (χ3n) is 2.60. The number of ether oxygens (including phenoxy) is 1. The van der Waals surface area contributed by atoms with E-state index in [4.69, 9.17) is 4.74 Å². The Morgan fingerprint density at radius 2 is 2.00 bits per heavy atom. The summed E-state index contributed by atoms with van der Waals surface area (Å²) >= 11 is 0. The van der Waals surface area contributed by atoms with Gasteiger partial charge in [-0.15, -0.1) is 0 Å². The molecule has 16 heavy (non-hydrogen) atoms. The number of hydrogen-bond acceptors (Lipinski definition) is 4. The molecule has 0 amide bonds. The molecule has 0 saturated carbocycles. The van der Waals surface area contributed by atoms with Crippen LogP contribution >= 0.6 is 0 Å². The molecule has 1 fully saturated rings. The van der Waals surface area contributed by atoms with Crippen molar-refractivity contribution in [2.45, 2.75) is 32.7 Å². The average Bonchev–Trinajstić information content (AvgIpc) is 2.81. The van der Waals surface area contributed by atoms with Gasteiger partial charge in [0.2, 0.25) is 0 Å². The van der Waals surface area contributed by atoms with Crippen LogP contribution in [0.15, 0.2) is 0 Å². The monoisotopic (exact) mass is 228 g/mol. The molecule has 94 valence electrons. The van der Waals surface area contributed by atoms with Crippen LogP contribution in [0.25, 0.3) is 0 Å². The zero-order chi connectivity index (χ0) is 12.4. The molecule has 0 aromatic heterocycles. The van der Waals surface area contributed by atoms with Gasteiger partial charge in [0.1, 0.15) is 12.1 Å². The largest absolute Gasteiger partial charge is 0.463 e. The first-order chi connectivity index (χ1) is 7.25. The molecule has 1 unspecified atom stereocenters. The Morgan fingerprint density at radius 3 is 2.38 bits per heavy atom. The molecule has 1 heterocycles. The highest BCUT2D eigenvalue weighted by Gasteiger charge is 2.52. The summed E-state index contributed by atoms with van der Waals surface area (Å²) < 4.78 is 5.28. The van der Waals surface area contributed by atoms with Gasteiger partial charge < -0.3 is 9.64 Å². The maximum Gasteiger partial charge on any atom is 0.327 e. The number of carbonyl (C=O) groups excluding carboxylic acids is 1. The molecule has 0 aromatic carbocycles. The van der Waals surface area contributed by atoms with Crippen molar-refractivity contribution in [1.82, 2.24) is 10.2 Å². The zero-order valence-corrected chi connectivity index (χ0v) is 11.1. The maximum atomic E-state index is 11.9. The Hall–Kier alpha value is -0.610. The third kappa shape index (κ3) is 4.10. The van der Waals surface area contributed by atoms with E-state index in [9.17, 15) is 4.79 Å². The second-order valence-corrected chi connectivity index (χ2v) is 6.11. The first kappa shape index (κ1) is 13.5. The van der Waals surface area contributed by atoms with Gasteiger partial charge in [0, 0.05) is 13.1 Å². The predicted molar refractivity (Wildman–Crippen MR) is 64.3 cm³/mol. The summed E-state index contributed by atoms with van der Waals surface area (Å²) in [6, 6.07) is 0. The van der Waals surface area contributed by atoms with Crippen molar-refractivity contribution in [2.75, 3.05) is 33.8 Å².